The van der Waals surface area contributed by atoms with E-state index in [2.05, 4.69) is 20.1 Å². The minimum absolute atomic E-state index is 0.0355. The number of nitrogens with one attached hydrogen (secondary N) is 2. The van der Waals surface area contributed by atoms with Crippen molar-refractivity contribution >= 4 is 38.2 Å². The molecule has 1 aromatic carbocycles. The zero-order valence-electron chi connectivity index (χ0n) is 14.1. The predicted molar refractivity (Wildman–Crippen MR) is 99.6 cm³/mol. The monoisotopic (exact) mass is 391 g/mol. The number of carbonyl (C=O) groups excluding carboxylic acids is 1. The molecule has 0 fully saturated rings. The van der Waals surface area contributed by atoms with Crippen molar-refractivity contribution in [3.63, 3.8) is 0 Å². The zero-order valence-corrected chi connectivity index (χ0v) is 15.8. The van der Waals surface area contributed by atoms with Crippen molar-refractivity contribution in [1.82, 2.24) is 14.8 Å². The van der Waals surface area contributed by atoms with Crippen molar-refractivity contribution in [1.29, 1.82) is 0 Å². The summed E-state index contributed by atoms with van der Waals surface area (Å²) in [4.78, 5) is 16.5. The number of sulfonamides is 1. The third kappa shape index (κ3) is 4.27. The maximum absolute atomic E-state index is 12.3. The summed E-state index contributed by atoms with van der Waals surface area (Å²) in [5.41, 5.74) is 1.28. The first-order valence-corrected chi connectivity index (χ1v) is 10.0. The van der Waals surface area contributed by atoms with Gasteiger partial charge in [0, 0.05) is 18.5 Å². The minimum atomic E-state index is -3.69. The first-order valence-electron chi connectivity index (χ1n) is 7.66. The predicted octanol–water partition coefficient (Wildman–Crippen LogP) is 2.17. The number of anilines is 2. The summed E-state index contributed by atoms with van der Waals surface area (Å²) in [6, 6.07) is 9.79. The number of hydrogen-bond donors (Lipinski definition) is 2. The Balaban J connectivity index is 1.64. The highest BCUT2D eigenvalue weighted by atomic mass is 32.2. The van der Waals surface area contributed by atoms with Crippen molar-refractivity contribution in [2.45, 2.75) is 18.2 Å². The second-order valence-electron chi connectivity index (χ2n) is 5.58. The van der Waals surface area contributed by atoms with Crippen molar-refractivity contribution in [2.24, 2.45) is 7.05 Å². The lowest BCUT2D eigenvalue weighted by molar-refractivity contribution is -0.115. The van der Waals surface area contributed by atoms with Gasteiger partial charge < -0.3 is 5.32 Å². The number of nitrogens with zero attached hydrogens (tertiary/aromatic N) is 3. The van der Waals surface area contributed by atoms with Gasteiger partial charge >= 0.3 is 0 Å². The summed E-state index contributed by atoms with van der Waals surface area (Å²) in [6.07, 6.45) is 0.0355. The molecule has 1 amide bonds. The number of aromatic nitrogens is 3. The van der Waals surface area contributed by atoms with Crippen LogP contribution in [-0.2, 0) is 28.3 Å². The molecular formula is C16H17N5O3S2. The van der Waals surface area contributed by atoms with Crippen LogP contribution in [-0.4, -0.2) is 29.1 Å². The van der Waals surface area contributed by atoms with E-state index in [4.69, 9.17) is 0 Å². The van der Waals surface area contributed by atoms with Crippen LogP contribution in [0.15, 0.2) is 46.7 Å². The van der Waals surface area contributed by atoms with Gasteiger partial charge in [-0.15, -0.1) is 11.3 Å². The Morgan fingerprint density at radius 2 is 2.00 bits per heavy atom. The molecule has 0 unspecified atom stereocenters. The summed E-state index contributed by atoms with van der Waals surface area (Å²) < 4.78 is 28.6. The number of carbonyl (C=O) groups is 1. The molecule has 0 aliphatic heterocycles. The summed E-state index contributed by atoms with van der Waals surface area (Å²) in [5, 5.41) is 8.77. The van der Waals surface area contributed by atoms with E-state index in [1.54, 1.807) is 41.4 Å². The van der Waals surface area contributed by atoms with Crippen LogP contribution in [0.5, 0.6) is 0 Å². The number of aryl methyl sites for hydroxylation is 2. The molecule has 8 nitrogen and oxygen atoms in total. The highest BCUT2D eigenvalue weighted by Gasteiger charge is 2.16. The van der Waals surface area contributed by atoms with Crippen LogP contribution in [0.4, 0.5) is 10.9 Å². The van der Waals surface area contributed by atoms with E-state index in [0.717, 1.165) is 17.0 Å². The molecule has 0 spiro atoms. The van der Waals surface area contributed by atoms with Gasteiger partial charge in [-0.3, -0.25) is 14.2 Å². The standard InChI is InChI=1S/C16H17N5O3S2/c1-11-8-14(21(2)19-11)18-15(22)9-12-10-25-16(17-12)20-26(23,24)13-6-4-3-5-7-13/h3-8,10H,9H2,1-2H3,(H,17,20)(H,18,22). The lowest BCUT2D eigenvalue weighted by Crippen LogP contribution is -2.17. The van der Waals surface area contributed by atoms with Crippen molar-refractivity contribution in [3.05, 3.63) is 53.2 Å². The largest absolute Gasteiger partial charge is 0.311 e. The lowest BCUT2D eigenvalue weighted by atomic mass is 10.3. The maximum atomic E-state index is 12.3. The molecule has 0 atom stereocenters. The third-order valence-corrected chi connectivity index (χ3v) is 5.73. The fourth-order valence-electron chi connectivity index (χ4n) is 2.29. The van der Waals surface area contributed by atoms with Gasteiger partial charge in [0.1, 0.15) is 5.82 Å². The van der Waals surface area contributed by atoms with Crippen molar-refractivity contribution in [2.75, 3.05) is 10.0 Å². The number of rotatable bonds is 6. The Kier molecular flexibility index (Phi) is 5.05. The van der Waals surface area contributed by atoms with Gasteiger partial charge in [-0.1, -0.05) is 18.2 Å². The van der Waals surface area contributed by atoms with Gasteiger partial charge in [-0.05, 0) is 19.1 Å². The van der Waals surface area contributed by atoms with Crippen molar-refractivity contribution in [3.8, 4) is 0 Å². The first-order chi connectivity index (χ1) is 12.3. The van der Waals surface area contributed by atoms with Gasteiger partial charge in [0.05, 0.1) is 22.7 Å². The fourth-order valence-corrected chi connectivity index (χ4v) is 4.27. The number of benzene rings is 1. The maximum Gasteiger partial charge on any atom is 0.263 e. The Hall–Kier alpha value is -2.72. The Labute approximate surface area is 154 Å². The van der Waals surface area contributed by atoms with E-state index < -0.39 is 10.0 Å². The number of thiazole rings is 1. The summed E-state index contributed by atoms with van der Waals surface area (Å²) >= 11 is 1.13. The SMILES string of the molecule is Cc1cc(NC(=O)Cc2csc(NS(=O)(=O)c3ccccc3)n2)n(C)n1. The molecule has 26 heavy (non-hydrogen) atoms. The van der Waals surface area contributed by atoms with Crippen molar-refractivity contribution < 1.29 is 13.2 Å². The Bertz CT molecular complexity index is 1030. The van der Waals surface area contributed by atoms with Crippen LogP contribution >= 0.6 is 11.3 Å². The van der Waals surface area contributed by atoms with Crippen LogP contribution in [0.1, 0.15) is 11.4 Å². The third-order valence-electron chi connectivity index (χ3n) is 3.44. The summed E-state index contributed by atoms with van der Waals surface area (Å²) in [5.74, 6) is 0.337. The zero-order chi connectivity index (χ0) is 18.7. The van der Waals surface area contributed by atoms with Gasteiger partial charge in [0.15, 0.2) is 5.13 Å². The highest BCUT2D eigenvalue weighted by Crippen LogP contribution is 2.20. The lowest BCUT2D eigenvalue weighted by Gasteiger charge is -2.05. The van der Waals surface area contributed by atoms with E-state index >= 15 is 0 Å². The van der Waals surface area contributed by atoms with E-state index in [0.29, 0.717) is 11.5 Å². The molecule has 136 valence electrons. The molecule has 2 aromatic heterocycles. The normalized spacial score (nSPS) is 11.3. The molecule has 0 radical (unpaired) electrons. The van der Waals surface area contributed by atoms with Crippen LogP contribution < -0.4 is 10.0 Å². The number of amides is 1. The van der Waals surface area contributed by atoms with Gasteiger partial charge in [0.25, 0.3) is 10.0 Å². The second-order valence-corrected chi connectivity index (χ2v) is 8.12. The molecule has 0 bridgehead atoms. The molecule has 0 saturated heterocycles. The molecule has 0 saturated carbocycles. The Morgan fingerprint density at radius 1 is 1.27 bits per heavy atom. The average Bonchev–Trinajstić information content (AvgIpc) is 3.13. The van der Waals surface area contributed by atoms with Gasteiger partial charge in [-0.25, -0.2) is 13.4 Å². The first kappa shape index (κ1) is 18.1. The molecule has 10 heteroatoms. The van der Waals surface area contributed by atoms with Gasteiger partial charge in [-0.2, -0.15) is 5.10 Å². The molecule has 2 N–H and O–H groups in total. The average molecular weight is 391 g/mol. The highest BCUT2D eigenvalue weighted by molar-refractivity contribution is 7.93. The molecule has 3 rings (SSSR count). The van der Waals surface area contributed by atoms with E-state index in [9.17, 15) is 13.2 Å². The van der Waals surface area contributed by atoms with Crippen LogP contribution in [0, 0.1) is 6.92 Å². The quantitative estimate of drug-likeness (QED) is 0.670. The summed E-state index contributed by atoms with van der Waals surface area (Å²) in [6.45, 7) is 1.83. The Morgan fingerprint density at radius 3 is 2.65 bits per heavy atom. The molecule has 3 aromatic rings. The van der Waals surface area contributed by atoms with Crippen LogP contribution in [0.2, 0.25) is 0 Å². The smallest absolute Gasteiger partial charge is 0.263 e. The molecular weight excluding hydrogens is 374 g/mol. The molecule has 0 aliphatic carbocycles. The fraction of sp³-hybridized carbons (Fsp3) is 0.188. The minimum Gasteiger partial charge on any atom is -0.311 e. The van der Waals surface area contributed by atoms with E-state index in [1.807, 2.05) is 6.92 Å². The van der Waals surface area contributed by atoms with E-state index in [1.165, 1.54) is 12.1 Å². The van der Waals surface area contributed by atoms with E-state index in [-0.39, 0.29) is 22.4 Å². The van der Waals surface area contributed by atoms with Gasteiger partial charge in [0.2, 0.25) is 5.91 Å². The molecule has 0 aliphatic rings. The topological polar surface area (TPSA) is 106 Å². The summed E-state index contributed by atoms with van der Waals surface area (Å²) in [7, 11) is -1.96. The molecule has 2 heterocycles. The number of hydrogen-bond acceptors (Lipinski definition) is 6. The second kappa shape index (κ2) is 7.26. The van der Waals surface area contributed by atoms with Crippen LogP contribution in [0.25, 0.3) is 0 Å². The van der Waals surface area contributed by atoms with Crippen LogP contribution in [0.3, 0.4) is 0 Å².